The first-order chi connectivity index (χ1) is 8.75. The van der Waals surface area contributed by atoms with Gasteiger partial charge in [0.25, 0.3) is 5.91 Å². The molecule has 18 heavy (non-hydrogen) atoms. The number of imidazole rings is 1. The Morgan fingerprint density at radius 1 is 1.39 bits per heavy atom. The number of rotatable bonds is 2. The number of halogens is 1. The molecule has 0 saturated heterocycles. The lowest BCUT2D eigenvalue weighted by Gasteiger charge is -2.04. The van der Waals surface area contributed by atoms with Gasteiger partial charge in [0.1, 0.15) is 11.5 Å². The Kier molecular flexibility index (Phi) is 2.56. The average molecular weight is 261 g/mol. The minimum absolute atomic E-state index is 0.168. The van der Waals surface area contributed by atoms with Gasteiger partial charge >= 0.3 is 0 Å². The van der Waals surface area contributed by atoms with E-state index < -0.39 is 5.82 Å². The van der Waals surface area contributed by atoms with Crippen LogP contribution in [0.25, 0.3) is 4.96 Å². The van der Waals surface area contributed by atoms with E-state index in [0.717, 1.165) is 4.96 Å². The molecule has 0 fully saturated rings. The van der Waals surface area contributed by atoms with E-state index >= 15 is 0 Å². The van der Waals surface area contributed by atoms with Crippen molar-refractivity contribution < 1.29 is 9.18 Å². The second-order valence-corrected chi connectivity index (χ2v) is 4.47. The lowest BCUT2D eigenvalue weighted by molar-refractivity contribution is 0.102. The van der Waals surface area contributed by atoms with Crippen LogP contribution in [0.5, 0.6) is 0 Å². The van der Waals surface area contributed by atoms with Gasteiger partial charge in [0.05, 0.1) is 5.69 Å². The summed E-state index contributed by atoms with van der Waals surface area (Å²) in [5.41, 5.74) is 0.609. The molecule has 0 unspecified atom stereocenters. The number of hydrogen-bond acceptors (Lipinski definition) is 3. The molecule has 0 aliphatic rings. The highest BCUT2D eigenvalue weighted by Crippen LogP contribution is 2.17. The highest BCUT2D eigenvalue weighted by Gasteiger charge is 2.13. The number of carbonyl (C=O) groups excluding carboxylic acids is 1. The van der Waals surface area contributed by atoms with E-state index in [9.17, 15) is 9.18 Å². The summed E-state index contributed by atoms with van der Waals surface area (Å²) in [4.78, 5) is 16.8. The van der Waals surface area contributed by atoms with Crippen LogP contribution in [-0.4, -0.2) is 15.3 Å². The Bertz CT molecular complexity index is 719. The number of para-hydroxylation sites is 1. The third kappa shape index (κ3) is 1.76. The third-order valence-electron chi connectivity index (χ3n) is 2.50. The molecule has 0 spiro atoms. The fourth-order valence-electron chi connectivity index (χ4n) is 1.64. The van der Waals surface area contributed by atoms with Crippen molar-refractivity contribution in [2.45, 2.75) is 0 Å². The number of nitrogens with zero attached hydrogens (tertiary/aromatic N) is 2. The first-order valence-electron chi connectivity index (χ1n) is 5.22. The molecule has 4 nitrogen and oxygen atoms in total. The predicted molar refractivity (Wildman–Crippen MR) is 67.4 cm³/mol. The van der Waals surface area contributed by atoms with E-state index in [1.54, 1.807) is 34.3 Å². The Balaban J connectivity index is 1.93. The van der Waals surface area contributed by atoms with E-state index in [1.165, 1.54) is 23.5 Å². The summed E-state index contributed by atoms with van der Waals surface area (Å²) in [7, 11) is 0. The number of anilines is 1. The molecular formula is C12H8FN3OS. The zero-order valence-corrected chi connectivity index (χ0v) is 9.95. The zero-order valence-electron chi connectivity index (χ0n) is 9.13. The minimum Gasteiger partial charge on any atom is -0.318 e. The summed E-state index contributed by atoms with van der Waals surface area (Å²) in [6.45, 7) is 0. The van der Waals surface area contributed by atoms with Gasteiger partial charge in [-0.05, 0) is 12.1 Å². The number of nitrogens with one attached hydrogen (secondary N) is 1. The van der Waals surface area contributed by atoms with Crippen LogP contribution in [0.1, 0.15) is 10.5 Å². The molecule has 0 radical (unpaired) electrons. The van der Waals surface area contributed by atoms with Crippen LogP contribution in [0, 0.1) is 5.82 Å². The van der Waals surface area contributed by atoms with Gasteiger partial charge in [-0.3, -0.25) is 9.20 Å². The predicted octanol–water partition coefficient (Wildman–Crippen LogP) is 2.79. The molecule has 3 aromatic rings. The fourth-order valence-corrected chi connectivity index (χ4v) is 2.47. The molecule has 2 heterocycles. The maximum Gasteiger partial charge on any atom is 0.273 e. The summed E-state index contributed by atoms with van der Waals surface area (Å²) in [6, 6.07) is 6.06. The molecule has 90 valence electrons. The normalized spacial score (nSPS) is 10.7. The Hall–Kier alpha value is -2.21. The first kappa shape index (κ1) is 10.9. The van der Waals surface area contributed by atoms with Gasteiger partial charge in [-0.15, -0.1) is 11.3 Å². The molecule has 1 amide bonds. The number of aromatic nitrogens is 2. The molecule has 0 saturated carbocycles. The fraction of sp³-hybridized carbons (Fsp3) is 0. The standard InChI is InChI=1S/C12H8FN3OS/c13-8-3-1-2-4-9(8)15-11(17)10-7-18-12-14-5-6-16(10)12/h1-7H,(H,15,17). The van der Waals surface area contributed by atoms with Crippen molar-refractivity contribution in [1.82, 2.24) is 9.38 Å². The maximum atomic E-state index is 13.4. The van der Waals surface area contributed by atoms with E-state index in [1.807, 2.05) is 0 Å². The SMILES string of the molecule is O=C(Nc1ccccc1F)c1csc2nccn12. The average Bonchev–Trinajstić information content (AvgIpc) is 2.93. The topological polar surface area (TPSA) is 46.4 Å². The van der Waals surface area contributed by atoms with Crippen LogP contribution in [0.15, 0.2) is 42.0 Å². The number of benzene rings is 1. The monoisotopic (exact) mass is 261 g/mol. The van der Waals surface area contributed by atoms with E-state index in [4.69, 9.17) is 0 Å². The lowest BCUT2D eigenvalue weighted by atomic mass is 10.3. The van der Waals surface area contributed by atoms with Gasteiger partial charge in [0.15, 0.2) is 4.96 Å². The third-order valence-corrected chi connectivity index (χ3v) is 3.35. The van der Waals surface area contributed by atoms with E-state index in [2.05, 4.69) is 10.3 Å². The molecule has 0 atom stereocenters. The molecule has 0 aliphatic carbocycles. The quantitative estimate of drug-likeness (QED) is 0.771. The largest absolute Gasteiger partial charge is 0.318 e. The van der Waals surface area contributed by atoms with Gasteiger partial charge in [-0.1, -0.05) is 12.1 Å². The van der Waals surface area contributed by atoms with Crippen molar-refractivity contribution in [3.63, 3.8) is 0 Å². The highest BCUT2D eigenvalue weighted by molar-refractivity contribution is 7.15. The first-order valence-corrected chi connectivity index (χ1v) is 6.10. The van der Waals surface area contributed by atoms with Crippen molar-refractivity contribution >= 4 is 27.9 Å². The lowest BCUT2D eigenvalue weighted by Crippen LogP contribution is -2.14. The summed E-state index contributed by atoms with van der Waals surface area (Å²) in [5.74, 6) is -0.813. The van der Waals surface area contributed by atoms with Crippen LogP contribution in [0.4, 0.5) is 10.1 Å². The summed E-state index contributed by atoms with van der Waals surface area (Å²) >= 11 is 1.36. The number of amides is 1. The molecular weight excluding hydrogens is 253 g/mol. The smallest absolute Gasteiger partial charge is 0.273 e. The van der Waals surface area contributed by atoms with Crippen LogP contribution >= 0.6 is 11.3 Å². The molecule has 6 heteroatoms. The van der Waals surface area contributed by atoms with Gasteiger partial charge < -0.3 is 5.32 Å². The molecule has 2 aromatic heterocycles. The van der Waals surface area contributed by atoms with Crippen molar-refractivity contribution in [1.29, 1.82) is 0 Å². The highest BCUT2D eigenvalue weighted by atomic mass is 32.1. The van der Waals surface area contributed by atoms with Crippen LogP contribution in [0.2, 0.25) is 0 Å². The Morgan fingerprint density at radius 3 is 3.06 bits per heavy atom. The van der Waals surface area contributed by atoms with Gasteiger partial charge in [0.2, 0.25) is 0 Å². The van der Waals surface area contributed by atoms with Gasteiger partial charge in [-0.25, -0.2) is 9.37 Å². The second kappa shape index (κ2) is 4.23. The molecule has 1 aromatic carbocycles. The summed E-state index contributed by atoms with van der Waals surface area (Å²) in [5, 5.41) is 4.23. The van der Waals surface area contributed by atoms with Crippen molar-refractivity contribution in [2.75, 3.05) is 5.32 Å². The van der Waals surface area contributed by atoms with Crippen molar-refractivity contribution in [2.24, 2.45) is 0 Å². The second-order valence-electron chi connectivity index (χ2n) is 3.63. The zero-order chi connectivity index (χ0) is 12.5. The van der Waals surface area contributed by atoms with E-state index in [0.29, 0.717) is 5.69 Å². The van der Waals surface area contributed by atoms with Crippen LogP contribution in [0.3, 0.4) is 0 Å². The minimum atomic E-state index is -0.456. The maximum absolute atomic E-state index is 13.4. The number of hydrogen-bond donors (Lipinski definition) is 1. The van der Waals surface area contributed by atoms with Crippen LogP contribution < -0.4 is 5.32 Å². The molecule has 0 bridgehead atoms. The Morgan fingerprint density at radius 2 is 2.22 bits per heavy atom. The van der Waals surface area contributed by atoms with Crippen molar-refractivity contribution in [3.05, 3.63) is 53.6 Å². The van der Waals surface area contributed by atoms with E-state index in [-0.39, 0.29) is 11.6 Å². The Labute approximate surface area is 106 Å². The molecule has 1 N–H and O–H groups in total. The number of thiazole rings is 1. The molecule has 0 aliphatic heterocycles. The van der Waals surface area contributed by atoms with Crippen molar-refractivity contribution in [3.8, 4) is 0 Å². The van der Waals surface area contributed by atoms with Gasteiger partial charge in [-0.2, -0.15) is 0 Å². The molecule has 3 rings (SSSR count). The van der Waals surface area contributed by atoms with Gasteiger partial charge in [0, 0.05) is 17.8 Å². The number of fused-ring (bicyclic) bond motifs is 1. The van der Waals surface area contributed by atoms with Crippen LogP contribution in [-0.2, 0) is 0 Å². The number of carbonyl (C=O) groups is 1. The summed E-state index contributed by atoms with van der Waals surface area (Å²) in [6.07, 6.45) is 3.31. The summed E-state index contributed by atoms with van der Waals surface area (Å²) < 4.78 is 15.1.